The highest BCUT2D eigenvalue weighted by atomic mass is 16.4. The number of fused-ring (bicyclic) bond motifs is 1. The summed E-state index contributed by atoms with van der Waals surface area (Å²) < 4.78 is 5.46. The van der Waals surface area contributed by atoms with Crippen molar-refractivity contribution >= 4 is 22.8 Å². The van der Waals surface area contributed by atoms with Crippen LogP contribution in [0.15, 0.2) is 41.4 Å². The normalized spacial score (nSPS) is 12.2. The molecule has 24 heavy (non-hydrogen) atoms. The first-order valence-corrected chi connectivity index (χ1v) is 7.49. The molecule has 124 valence electrons. The van der Waals surface area contributed by atoms with E-state index in [1.807, 2.05) is 25.1 Å². The van der Waals surface area contributed by atoms with Gasteiger partial charge in [0.05, 0.1) is 19.0 Å². The van der Waals surface area contributed by atoms with Crippen molar-refractivity contribution in [1.29, 1.82) is 0 Å². The minimum absolute atomic E-state index is 0.0584. The lowest BCUT2D eigenvalue weighted by Crippen LogP contribution is -2.43. The number of imidazole rings is 1. The van der Waals surface area contributed by atoms with E-state index in [1.165, 1.54) is 18.8 Å². The van der Waals surface area contributed by atoms with Gasteiger partial charge in [0.1, 0.15) is 11.6 Å². The number of aromatic amines is 1. The summed E-state index contributed by atoms with van der Waals surface area (Å²) in [6, 6.07) is 4.72. The summed E-state index contributed by atoms with van der Waals surface area (Å²) in [6.07, 6.45) is 4.74. The molecule has 0 unspecified atom stereocenters. The van der Waals surface area contributed by atoms with E-state index >= 15 is 0 Å². The van der Waals surface area contributed by atoms with Crippen LogP contribution in [0.2, 0.25) is 0 Å². The molecular formula is C17H17N3O4. The summed E-state index contributed by atoms with van der Waals surface area (Å²) >= 11 is 0. The van der Waals surface area contributed by atoms with Gasteiger partial charge >= 0.3 is 5.97 Å². The van der Waals surface area contributed by atoms with Gasteiger partial charge in [0.2, 0.25) is 5.91 Å². The number of carboxylic acids is 1. The van der Waals surface area contributed by atoms with E-state index < -0.39 is 12.0 Å². The van der Waals surface area contributed by atoms with E-state index in [9.17, 15) is 14.7 Å². The van der Waals surface area contributed by atoms with Gasteiger partial charge in [-0.15, -0.1) is 0 Å². The van der Waals surface area contributed by atoms with Gasteiger partial charge in [0.25, 0.3) is 0 Å². The molecule has 0 radical (unpaired) electrons. The Morgan fingerprint density at radius 1 is 1.42 bits per heavy atom. The van der Waals surface area contributed by atoms with E-state index in [2.05, 4.69) is 15.3 Å². The highest BCUT2D eigenvalue weighted by Crippen LogP contribution is 2.22. The molecule has 2 aromatic heterocycles. The predicted octanol–water partition coefficient (Wildman–Crippen LogP) is 1.82. The third-order valence-corrected chi connectivity index (χ3v) is 3.77. The number of nitrogens with zero attached hydrogens (tertiary/aromatic N) is 1. The number of nitrogens with one attached hydrogen (secondary N) is 2. The molecule has 3 N–H and O–H groups in total. The minimum atomic E-state index is -1.09. The number of benzene rings is 1. The summed E-state index contributed by atoms with van der Waals surface area (Å²) in [5.41, 5.74) is 3.16. The zero-order chi connectivity index (χ0) is 17.1. The molecule has 1 aromatic carbocycles. The second-order valence-electron chi connectivity index (χ2n) is 5.68. The maximum absolute atomic E-state index is 12.2. The fourth-order valence-corrected chi connectivity index (χ4v) is 2.56. The van der Waals surface area contributed by atoms with Crippen LogP contribution in [0.3, 0.4) is 0 Å². The fourth-order valence-electron chi connectivity index (χ4n) is 2.56. The Morgan fingerprint density at radius 2 is 2.25 bits per heavy atom. The second kappa shape index (κ2) is 6.57. The van der Waals surface area contributed by atoms with Crippen LogP contribution in [0.1, 0.15) is 16.8 Å². The molecule has 0 aliphatic heterocycles. The molecule has 7 nitrogen and oxygen atoms in total. The van der Waals surface area contributed by atoms with Crippen molar-refractivity contribution in [2.45, 2.75) is 25.8 Å². The Bertz CT molecular complexity index is 867. The third kappa shape index (κ3) is 3.45. The van der Waals surface area contributed by atoms with Crippen LogP contribution in [0.4, 0.5) is 0 Å². The lowest BCUT2D eigenvalue weighted by molar-refractivity contribution is -0.141. The van der Waals surface area contributed by atoms with Gasteiger partial charge in [-0.1, -0.05) is 12.1 Å². The van der Waals surface area contributed by atoms with Crippen LogP contribution in [0.5, 0.6) is 0 Å². The summed E-state index contributed by atoms with van der Waals surface area (Å²) in [6.45, 7) is 1.96. The first kappa shape index (κ1) is 15.8. The number of amides is 1. The average molecular weight is 327 g/mol. The molecular weight excluding hydrogens is 310 g/mol. The van der Waals surface area contributed by atoms with Crippen LogP contribution in [-0.2, 0) is 22.4 Å². The molecule has 0 spiro atoms. The molecule has 0 aliphatic rings. The molecule has 1 atom stereocenters. The number of rotatable bonds is 6. The Hall–Kier alpha value is -3.09. The van der Waals surface area contributed by atoms with Gasteiger partial charge in [0, 0.05) is 29.3 Å². The Kier molecular flexibility index (Phi) is 4.33. The first-order chi connectivity index (χ1) is 11.5. The third-order valence-electron chi connectivity index (χ3n) is 3.77. The number of furan rings is 1. The van der Waals surface area contributed by atoms with Gasteiger partial charge in [0.15, 0.2) is 0 Å². The SMILES string of the molecule is Cc1ccc2c(CC(=O)N[C@@H](Cc3cnc[nH]3)C(=O)O)coc2c1. The Morgan fingerprint density at radius 3 is 2.96 bits per heavy atom. The summed E-state index contributed by atoms with van der Waals surface area (Å²) in [7, 11) is 0. The highest BCUT2D eigenvalue weighted by Gasteiger charge is 2.21. The predicted molar refractivity (Wildman–Crippen MR) is 86.5 cm³/mol. The van der Waals surface area contributed by atoms with E-state index in [4.69, 9.17) is 4.42 Å². The largest absolute Gasteiger partial charge is 0.480 e. The molecule has 0 aliphatic carbocycles. The van der Waals surface area contributed by atoms with Crippen LogP contribution in [0, 0.1) is 6.92 Å². The van der Waals surface area contributed by atoms with Crippen molar-refractivity contribution in [1.82, 2.24) is 15.3 Å². The van der Waals surface area contributed by atoms with Crippen molar-refractivity contribution in [2.75, 3.05) is 0 Å². The summed E-state index contributed by atoms with van der Waals surface area (Å²) in [5.74, 6) is -1.46. The first-order valence-electron chi connectivity index (χ1n) is 7.49. The molecule has 1 amide bonds. The maximum atomic E-state index is 12.2. The average Bonchev–Trinajstić information content (AvgIpc) is 3.16. The number of hydrogen-bond acceptors (Lipinski definition) is 4. The number of aryl methyl sites for hydroxylation is 1. The topological polar surface area (TPSA) is 108 Å². The smallest absolute Gasteiger partial charge is 0.326 e. The molecule has 0 fully saturated rings. The van der Waals surface area contributed by atoms with Crippen molar-refractivity contribution in [3.8, 4) is 0 Å². The monoisotopic (exact) mass is 327 g/mol. The van der Waals surface area contributed by atoms with Gasteiger partial charge in [-0.3, -0.25) is 4.79 Å². The molecule has 0 bridgehead atoms. The van der Waals surface area contributed by atoms with E-state index in [0.717, 1.165) is 16.5 Å². The minimum Gasteiger partial charge on any atom is -0.480 e. The number of H-pyrrole nitrogens is 1. The maximum Gasteiger partial charge on any atom is 0.326 e. The quantitative estimate of drug-likeness (QED) is 0.640. The lowest BCUT2D eigenvalue weighted by atomic mass is 10.1. The Balaban J connectivity index is 1.69. The van der Waals surface area contributed by atoms with E-state index in [-0.39, 0.29) is 18.7 Å². The molecule has 0 saturated heterocycles. The van der Waals surface area contributed by atoms with Gasteiger partial charge < -0.3 is 19.8 Å². The number of carboxylic acid groups (broad SMARTS) is 1. The van der Waals surface area contributed by atoms with Crippen molar-refractivity contribution < 1.29 is 19.1 Å². The van der Waals surface area contributed by atoms with Crippen LogP contribution in [0.25, 0.3) is 11.0 Å². The number of carbonyl (C=O) groups is 2. The Labute approximate surface area is 137 Å². The van der Waals surface area contributed by atoms with E-state index in [1.54, 1.807) is 0 Å². The van der Waals surface area contributed by atoms with Crippen molar-refractivity contribution in [3.05, 3.63) is 53.8 Å². The van der Waals surface area contributed by atoms with Gasteiger partial charge in [-0.05, 0) is 18.6 Å². The fraction of sp³-hybridized carbons (Fsp3) is 0.235. The zero-order valence-electron chi connectivity index (χ0n) is 13.1. The van der Waals surface area contributed by atoms with Crippen LogP contribution < -0.4 is 5.32 Å². The zero-order valence-corrected chi connectivity index (χ0v) is 13.1. The van der Waals surface area contributed by atoms with Crippen molar-refractivity contribution in [2.24, 2.45) is 0 Å². The lowest BCUT2D eigenvalue weighted by Gasteiger charge is -2.13. The van der Waals surface area contributed by atoms with Crippen molar-refractivity contribution in [3.63, 3.8) is 0 Å². The molecule has 0 saturated carbocycles. The summed E-state index contributed by atoms with van der Waals surface area (Å²) in [4.78, 5) is 30.2. The van der Waals surface area contributed by atoms with E-state index in [0.29, 0.717) is 11.3 Å². The molecule has 7 heteroatoms. The second-order valence-corrected chi connectivity index (χ2v) is 5.68. The molecule has 3 aromatic rings. The number of carbonyl (C=O) groups excluding carboxylic acids is 1. The molecule has 2 heterocycles. The highest BCUT2D eigenvalue weighted by molar-refractivity contribution is 5.90. The van der Waals surface area contributed by atoms with Crippen LogP contribution in [-0.4, -0.2) is 33.0 Å². The number of aliphatic carboxylic acids is 1. The summed E-state index contributed by atoms with van der Waals surface area (Å²) in [5, 5.41) is 12.7. The standard InChI is InChI=1S/C17H17N3O4/c1-10-2-3-13-11(8-24-15(13)4-10)5-16(21)20-14(17(22)23)6-12-7-18-9-19-12/h2-4,7-9,14H,5-6H2,1H3,(H,18,19)(H,20,21)(H,22,23)/t14-/m0/s1. The molecule has 3 rings (SSSR count). The number of hydrogen-bond donors (Lipinski definition) is 3. The van der Waals surface area contributed by atoms with Crippen LogP contribution >= 0.6 is 0 Å². The number of aromatic nitrogens is 2. The van der Waals surface area contributed by atoms with Gasteiger partial charge in [-0.25, -0.2) is 9.78 Å². The van der Waals surface area contributed by atoms with Gasteiger partial charge in [-0.2, -0.15) is 0 Å².